The Bertz CT molecular complexity index is 1270. The van der Waals surface area contributed by atoms with E-state index in [0.29, 0.717) is 18.4 Å². The molecule has 0 bridgehead atoms. The summed E-state index contributed by atoms with van der Waals surface area (Å²) < 4.78 is 7.49. The minimum absolute atomic E-state index is 0.104. The highest BCUT2D eigenvalue weighted by atomic mass is 32.2. The number of ether oxygens (including phenoxy) is 1. The number of thioether (sulfide) groups is 1. The van der Waals surface area contributed by atoms with Crippen molar-refractivity contribution in [3.63, 3.8) is 0 Å². The summed E-state index contributed by atoms with van der Waals surface area (Å²) in [5.74, 6) is 0.879. The third kappa shape index (κ3) is 5.14. The van der Waals surface area contributed by atoms with Crippen molar-refractivity contribution in [2.24, 2.45) is 0 Å². The lowest BCUT2D eigenvalue weighted by Crippen LogP contribution is -2.37. The Morgan fingerprint density at radius 3 is 2.71 bits per heavy atom. The van der Waals surface area contributed by atoms with Gasteiger partial charge in [0.15, 0.2) is 5.16 Å². The zero-order chi connectivity index (χ0) is 23.3. The number of rotatable bonds is 7. The van der Waals surface area contributed by atoms with Crippen LogP contribution in [0.2, 0.25) is 0 Å². The summed E-state index contributed by atoms with van der Waals surface area (Å²) in [6, 6.07) is 17.7. The van der Waals surface area contributed by atoms with Gasteiger partial charge in [0, 0.05) is 29.7 Å². The molecule has 4 aromatic rings. The Morgan fingerprint density at radius 1 is 1.12 bits per heavy atom. The summed E-state index contributed by atoms with van der Waals surface area (Å²) in [5, 5.41) is 15.6. The lowest BCUT2D eigenvalue weighted by molar-refractivity contribution is -0.113. The van der Waals surface area contributed by atoms with Crippen LogP contribution in [0.1, 0.15) is 5.01 Å². The topological polar surface area (TPSA) is 85.2 Å². The van der Waals surface area contributed by atoms with Crippen molar-refractivity contribution in [2.45, 2.75) is 12.1 Å². The fourth-order valence-electron chi connectivity index (χ4n) is 3.71. The van der Waals surface area contributed by atoms with E-state index in [-0.39, 0.29) is 11.7 Å². The number of nitrogens with one attached hydrogen (secondary N) is 1. The van der Waals surface area contributed by atoms with Crippen LogP contribution in [0.15, 0.2) is 65.1 Å². The molecule has 5 rings (SSSR count). The first-order valence-electron chi connectivity index (χ1n) is 11.0. The highest BCUT2D eigenvalue weighted by molar-refractivity contribution is 7.99. The monoisotopic (exact) mass is 492 g/mol. The molecule has 8 nitrogen and oxygen atoms in total. The maximum atomic E-state index is 12.8. The van der Waals surface area contributed by atoms with E-state index in [2.05, 4.69) is 25.4 Å². The lowest BCUT2D eigenvalue weighted by Gasteiger charge is -2.27. The van der Waals surface area contributed by atoms with Crippen LogP contribution in [0.25, 0.3) is 16.9 Å². The van der Waals surface area contributed by atoms with Crippen LogP contribution in [0.3, 0.4) is 0 Å². The van der Waals surface area contributed by atoms with Crippen molar-refractivity contribution >= 4 is 40.6 Å². The van der Waals surface area contributed by atoms with Gasteiger partial charge in [-0.1, -0.05) is 42.1 Å². The summed E-state index contributed by atoms with van der Waals surface area (Å²) in [5.41, 5.74) is 3.60. The molecule has 1 fully saturated rings. The van der Waals surface area contributed by atoms with Crippen LogP contribution in [-0.2, 0) is 9.53 Å². The highest BCUT2D eigenvalue weighted by Gasteiger charge is 2.22. The molecular weight excluding hydrogens is 468 g/mol. The van der Waals surface area contributed by atoms with Gasteiger partial charge in [-0.2, -0.15) is 0 Å². The molecule has 0 unspecified atom stereocenters. The highest BCUT2D eigenvalue weighted by Crippen LogP contribution is 2.28. The second-order valence-electron chi connectivity index (χ2n) is 7.72. The second kappa shape index (κ2) is 10.4. The van der Waals surface area contributed by atoms with Crippen LogP contribution in [0.5, 0.6) is 0 Å². The maximum Gasteiger partial charge on any atom is 0.234 e. The molecule has 1 amide bonds. The summed E-state index contributed by atoms with van der Waals surface area (Å²) >= 11 is 2.98. The number of thiazole rings is 1. The van der Waals surface area contributed by atoms with Crippen LogP contribution in [0, 0.1) is 6.92 Å². The molecule has 0 saturated carbocycles. The van der Waals surface area contributed by atoms with E-state index < -0.39 is 0 Å². The molecule has 1 N–H and O–H groups in total. The molecule has 2 aromatic heterocycles. The molecule has 174 valence electrons. The van der Waals surface area contributed by atoms with Crippen LogP contribution < -0.4 is 10.2 Å². The van der Waals surface area contributed by atoms with Gasteiger partial charge in [-0.15, -0.1) is 21.5 Å². The number of carbonyl (C=O) groups is 1. The predicted octanol–water partition coefficient (Wildman–Crippen LogP) is 4.27. The van der Waals surface area contributed by atoms with Gasteiger partial charge >= 0.3 is 0 Å². The molecule has 1 saturated heterocycles. The van der Waals surface area contributed by atoms with E-state index in [9.17, 15) is 4.79 Å². The van der Waals surface area contributed by atoms with E-state index in [4.69, 9.17) is 4.74 Å². The number of morpholine rings is 1. The van der Waals surface area contributed by atoms with E-state index in [1.807, 2.05) is 71.5 Å². The zero-order valence-electron chi connectivity index (χ0n) is 18.7. The van der Waals surface area contributed by atoms with Gasteiger partial charge in [0.1, 0.15) is 0 Å². The number of carbonyl (C=O) groups excluding carboxylic acids is 1. The summed E-state index contributed by atoms with van der Waals surface area (Å²) in [6.45, 7) is 4.81. The van der Waals surface area contributed by atoms with Crippen molar-refractivity contribution in [1.29, 1.82) is 0 Å². The number of anilines is 2. The minimum Gasteiger partial charge on any atom is -0.378 e. The summed E-state index contributed by atoms with van der Waals surface area (Å²) in [7, 11) is 0. The molecule has 0 aliphatic carbocycles. The van der Waals surface area contributed by atoms with Crippen molar-refractivity contribution in [1.82, 2.24) is 19.7 Å². The molecule has 34 heavy (non-hydrogen) atoms. The third-order valence-electron chi connectivity index (χ3n) is 5.32. The minimum atomic E-state index is -0.104. The zero-order valence-corrected chi connectivity index (χ0v) is 20.3. The van der Waals surface area contributed by atoms with E-state index in [0.717, 1.165) is 46.7 Å². The third-order valence-corrected chi connectivity index (χ3v) is 7.02. The van der Waals surface area contributed by atoms with Gasteiger partial charge in [0.05, 0.1) is 35.4 Å². The molecule has 1 aliphatic rings. The number of nitrogens with zero attached hydrogens (tertiary/aromatic N) is 5. The van der Waals surface area contributed by atoms with Gasteiger partial charge in [-0.25, -0.2) is 4.98 Å². The summed E-state index contributed by atoms with van der Waals surface area (Å²) in [4.78, 5) is 19.5. The van der Waals surface area contributed by atoms with E-state index in [1.165, 1.54) is 11.8 Å². The lowest BCUT2D eigenvalue weighted by atomic mass is 10.1. The SMILES string of the molecule is Cc1nc(-c2cccc(NC(=O)CSc3nnc(N4CCOCC4)n3-c3ccccc3)c2)cs1. The standard InChI is InChI=1S/C24H24N6O2S2/c1-17-25-21(15-33-17)18-6-5-7-19(14-18)26-22(31)16-34-24-28-27-23(29-10-12-32-13-11-29)30(24)20-8-3-2-4-9-20/h2-9,14-15H,10-13,16H2,1H3,(H,26,31). The molecule has 2 aromatic carbocycles. The Balaban J connectivity index is 1.30. The van der Waals surface area contributed by atoms with Gasteiger partial charge < -0.3 is 15.0 Å². The average Bonchev–Trinajstić information content (AvgIpc) is 3.50. The molecule has 3 heterocycles. The molecule has 0 radical (unpaired) electrons. The number of hydrogen-bond donors (Lipinski definition) is 1. The fourth-order valence-corrected chi connectivity index (χ4v) is 5.08. The molecular formula is C24H24N6O2S2. The van der Waals surface area contributed by atoms with Crippen molar-refractivity contribution in [2.75, 3.05) is 42.3 Å². The Hall–Kier alpha value is -3.21. The van der Waals surface area contributed by atoms with Crippen LogP contribution >= 0.6 is 23.1 Å². The Morgan fingerprint density at radius 2 is 1.94 bits per heavy atom. The smallest absolute Gasteiger partial charge is 0.234 e. The number of para-hydroxylation sites is 1. The first-order chi connectivity index (χ1) is 16.7. The van der Waals surface area contributed by atoms with Gasteiger partial charge in [0.25, 0.3) is 0 Å². The van der Waals surface area contributed by atoms with Crippen molar-refractivity contribution in [3.05, 3.63) is 65.0 Å². The number of aryl methyl sites for hydroxylation is 1. The first kappa shape index (κ1) is 22.6. The average molecular weight is 493 g/mol. The van der Waals surface area contributed by atoms with Gasteiger partial charge in [-0.3, -0.25) is 9.36 Å². The normalized spacial score (nSPS) is 13.7. The molecule has 1 aliphatic heterocycles. The van der Waals surface area contributed by atoms with Crippen molar-refractivity contribution in [3.8, 4) is 16.9 Å². The second-order valence-corrected chi connectivity index (χ2v) is 9.73. The largest absolute Gasteiger partial charge is 0.378 e. The van der Waals surface area contributed by atoms with E-state index >= 15 is 0 Å². The number of hydrogen-bond acceptors (Lipinski definition) is 8. The predicted molar refractivity (Wildman–Crippen MR) is 136 cm³/mol. The van der Waals surface area contributed by atoms with Gasteiger partial charge in [-0.05, 0) is 31.2 Å². The van der Waals surface area contributed by atoms with E-state index in [1.54, 1.807) is 11.3 Å². The Labute approximate surface area is 206 Å². The first-order valence-corrected chi connectivity index (χ1v) is 12.8. The number of aromatic nitrogens is 4. The summed E-state index contributed by atoms with van der Waals surface area (Å²) in [6.07, 6.45) is 0. The number of benzene rings is 2. The maximum absolute atomic E-state index is 12.8. The molecule has 0 spiro atoms. The van der Waals surface area contributed by atoms with Crippen molar-refractivity contribution < 1.29 is 9.53 Å². The van der Waals surface area contributed by atoms with Gasteiger partial charge in [0.2, 0.25) is 11.9 Å². The molecule has 10 heteroatoms. The van der Waals surface area contributed by atoms with Crippen LogP contribution in [-0.4, -0.2) is 57.7 Å². The fraction of sp³-hybridized carbons (Fsp3) is 0.250. The molecule has 0 atom stereocenters. The quantitative estimate of drug-likeness (QED) is 0.386. The van der Waals surface area contributed by atoms with Crippen LogP contribution in [0.4, 0.5) is 11.6 Å². The Kier molecular flexibility index (Phi) is 6.89. The number of amides is 1.